The second-order valence-corrected chi connectivity index (χ2v) is 5.82. The van der Waals surface area contributed by atoms with E-state index in [1.54, 1.807) is 31.1 Å². The average molecular weight is 305 g/mol. The van der Waals surface area contributed by atoms with Gasteiger partial charge in [0.15, 0.2) is 0 Å². The highest BCUT2D eigenvalue weighted by Crippen LogP contribution is 2.11. The molecule has 122 valence electrons. The maximum atomic E-state index is 12.2. The van der Waals surface area contributed by atoms with E-state index in [2.05, 4.69) is 0 Å². The van der Waals surface area contributed by atoms with Crippen molar-refractivity contribution in [2.45, 2.75) is 39.3 Å². The van der Waals surface area contributed by atoms with Crippen molar-refractivity contribution < 1.29 is 9.59 Å². The van der Waals surface area contributed by atoms with Crippen molar-refractivity contribution in [1.82, 2.24) is 9.80 Å². The predicted octanol–water partition coefficient (Wildman–Crippen LogP) is 1.86. The van der Waals surface area contributed by atoms with Crippen molar-refractivity contribution in [2.24, 2.45) is 5.73 Å². The fourth-order valence-corrected chi connectivity index (χ4v) is 2.12. The van der Waals surface area contributed by atoms with Gasteiger partial charge in [-0.25, -0.2) is 0 Å². The monoisotopic (exact) mass is 305 g/mol. The SMILES string of the molecule is CCN(Cc1ccc(C(=O)N(C)C)cc1)C(=O)CCC(C)N. The molecule has 0 bridgehead atoms. The van der Waals surface area contributed by atoms with Gasteiger partial charge in [-0.05, 0) is 38.0 Å². The summed E-state index contributed by atoms with van der Waals surface area (Å²) in [6, 6.07) is 7.45. The number of carbonyl (C=O) groups excluding carboxylic acids is 2. The second kappa shape index (κ2) is 8.54. The summed E-state index contributed by atoms with van der Waals surface area (Å²) < 4.78 is 0. The maximum Gasteiger partial charge on any atom is 0.253 e. The minimum Gasteiger partial charge on any atom is -0.345 e. The highest BCUT2D eigenvalue weighted by molar-refractivity contribution is 5.93. The van der Waals surface area contributed by atoms with Crippen molar-refractivity contribution in [3.05, 3.63) is 35.4 Å². The number of nitrogens with zero attached hydrogens (tertiary/aromatic N) is 2. The molecular weight excluding hydrogens is 278 g/mol. The molecule has 2 amide bonds. The first-order chi connectivity index (χ1) is 10.3. The maximum absolute atomic E-state index is 12.2. The number of benzene rings is 1. The van der Waals surface area contributed by atoms with E-state index in [1.165, 1.54) is 0 Å². The van der Waals surface area contributed by atoms with Crippen molar-refractivity contribution in [3.63, 3.8) is 0 Å². The molecule has 5 nitrogen and oxygen atoms in total. The summed E-state index contributed by atoms with van der Waals surface area (Å²) in [7, 11) is 3.46. The topological polar surface area (TPSA) is 66.6 Å². The molecular formula is C17H27N3O2. The molecule has 5 heteroatoms. The van der Waals surface area contributed by atoms with E-state index in [0.29, 0.717) is 31.5 Å². The minimum atomic E-state index is -0.0214. The number of rotatable bonds is 7. The van der Waals surface area contributed by atoms with E-state index in [0.717, 1.165) is 5.56 Å². The van der Waals surface area contributed by atoms with Crippen LogP contribution < -0.4 is 5.73 Å². The Labute approximate surface area is 133 Å². The molecule has 1 rings (SSSR count). The van der Waals surface area contributed by atoms with Crippen molar-refractivity contribution in [2.75, 3.05) is 20.6 Å². The standard InChI is InChI=1S/C17H27N3O2/c1-5-20(16(21)11-6-13(2)18)12-14-7-9-15(10-8-14)17(22)19(3)4/h7-10,13H,5-6,11-12,18H2,1-4H3. The first-order valence-corrected chi connectivity index (χ1v) is 7.69. The first-order valence-electron chi connectivity index (χ1n) is 7.69. The molecule has 0 saturated carbocycles. The van der Waals surface area contributed by atoms with Gasteiger partial charge in [0.2, 0.25) is 5.91 Å². The molecule has 0 aliphatic carbocycles. The molecule has 0 fully saturated rings. The normalized spacial score (nSPS) is 11.9. The van der Waals surface area contributed by atoms with E-state index in [1.807, 2.05) is 30.9 Å². The Morgan fingerprint density at radius 3 is 2.23 bits per heavy atom. The minimum absolute atomic E-state index is 0.0214. The van der Waals surface area contributed by atoms with E-state index >= 15 is 0 Å². The van der Waals surface area contributed by atoms with Gasteiger partial charge in [-0.3, -0.25) is 9.59 Å². The first kappa shape index (κ1) is 18.2. The van der Waals surface area contributed by atoms with Gasteiger partial charge in [0.1, 0.15) is 0 Å². The lowest BCUT2D eigenvalue weighted by molar-refractivity contribution is -0.131. The number of hydrogen-bond acceptors (Lipinski definition) is 3. The lowest BCUT2D eigenvalue weighted by Crippen LogP contribution is -2.31. The van der Waals surface area contributed by atoms with Gasteiger partial charge in [-0.2, -0.15) is 0 Å². The molecule has 0 aromatic heterocycles. The summed E-state index contributed by atoms with van der Waals surface area (Å²) in [5, 5.41) is 0. The zero-order valence-corrected chi connectivity index (χ0v) is 14.0. The van der Waals surface area contributed by atoms with Gasteiger partial charge in [0, 0.05) is 45.2 Å². The fraction of sp³-hybridized carbons (Fsp3) is 0.529. The molecule has 1 aromatic rings. The Balaban J connectivity index is 2.67. The summed E-state index contributed by atoms with van der Waals surface area (Å²) in [5.74, 6) is 0.0974. The van der Waals surface area contributed by atoms with Crippen LogP contribution in [0.15, 0.2) is 24.3 Å². The van der Waals surface area contributed by atoms with E-state index in [-0.39, 0.29) is 17.9 Å². The molecule has 0 saturated heterocycles. The largest absolute Gasteiger partial charge is 0.345 e. The fourth-order valence-electron chi connectivity index (χ4n) is 2.12. The van der Waals surface area contributed by atoms with E-state index < -0.39 is 0 Å². The van der Waals surface area contributed by atoms with Crippen LogP contribution in [0.4, 0.5) is 0 Å². The third kappa shape index (κ3) is 5.48. The summed E-state index contributed by atoms with van der Waals surface area (Å²) >= 11 is 0. The third-order valence-electron chi connectivity index (χ3n) is 3.53. The molecule has 0 heterocycles. The quantitative estimate of drug-likeness (QED) is 0.836. The molecule has 22 heavy (non-hydrogen) atoms. The van der Waals surface area contributed by atoms with E-state index in [9.17, 15) is 9.59 Å². The van der Waals surface area contributed by atoms with Crippen LogP contribution in [0.3, 0.4) is 0 Å². The van der Waals surface area contributed by atoms with Crippen LogP contribution in [0.5, 0.6) is 0 Å². The van der Waals surface area contributed by atoms with Crippen LogP contribution >= 0.6 is 0 Å². The molecule has 1 unspecified atom stereocenters. The molecule has 2 N–H and O–H groups in total. The average Bonchev–Trinajstić information content (AvgIpc) is 2.49. The van der Waals surface area contributed by atoms with Crippen molar-refractivity contribution >= 4 is 11.8 Å². The van der Waals surface area contributed by atoms with Crippen LogP contribution in [0.25, 0.3) is 0 Å². The van der Waals surface area contributed by atoms with Gasteiger partial charge in [-0.1, -0.05) is 12.1 Å². The van der Waals surface area contributed by atoms with Crippen LogP contribution in [-0.2, 0) is 11.3 Å². The highest BCUT2D eigenvalue weighted by Gasteiger charge is 2.13. The van der Waals surface area contributed by atoms with Crippen molar-refractivity contribution in [1.29, 1.82) is 0 Å². The van der Waals surface area contributed by atoms with Gasteiger partial charge >= 0.3 is 0 Å². The molecule has 0 spiro atoms. The highest BCUT2D eigenvalue weighted by atomic mass is 16.2. The molecule has 1 aromatic carbocycles. The van der Waals surface area contributed by atoms with E-state index in [4.69, 9.17) is 5.73 Å². The van der Waals surface area contributed by atoms with Gasteiger partial charge < -0.3 is 15.5 Å². The van der Waals surface area contributed by atoms with Crippen molar-refractivity contribution in [3.8, 4) is 0 Å². The molecule has 0 radical (unpaired) electrons. The molecule has 1 atom stereocenters. The zero-order valence-electron chi connectivity index (χ0n) is 14.0. The number of carbonyl (C=O) groups is 2. The Hall–Kier alpha value is -1.88. The second-order valence-electron chi connectivity index (χ2n) is 5.82. The molecule has 0 aliphatic heterocycles. The van der Waals surface area contributed by atoms with Gasteiger partial charge in [-0.15, -0.1) is 0 Å². The lowest BCUT2D eigenvalue weighted by atomic mass is 10.1. The summed E-state index contributed by atoms with van der Waals surface area (Å²) in [4.78, 5) is 27.4. The Bertz CT molecular complexity index is 495. The lowest BCUT2D eigenvalue weighted by Gasteiger charge is -2.21. The summed E-state index contributed by atoms with van der Waals surface area (Å²) in [6.45, 7) is 5.10. The van der Waals surface area contributed by atoms with Gasteiger partial charge in [0.25, 0.3) is 5.91 Å². The Morgan fingerprint density at radius 2 is 1.77 bits per heavy atom. The summed E-state index contributed by atoms with van der Waals surface area (Å²) in [6.07, 6.45) is 1.17. The van der Waals surface area contributed by atoms with Crippen LogP contribution in [0, 0.1) is 0 Å². The van der Waals surface area contributed by atoms with Crippen LogP contribution in [0.1, 0.15) is 42.6 Å². The number of amides is 2. The number of nitrogens with two attached hydrogens (primary N) is 1. The van der Waals surface area contributed by atoms with Gasteiger partial charge in [0.05, 0.1) is 0 Å². The Kier molecular flexibility index (Phi) is 7.05. The summed E-state index contributed by atoms with van der Waals surface area (Å²) in [5.41, 5.74) is 7.37. The predicted molar refractivity (Wildman–Crippen MR) is 88.4 cm³/mol. The Morgan fingerprint density at radius 1 is 1.18 bits per heavy atom. The van der Waals surface area contributed by atoms with Crippen LogP contribution in [0.2, 0.25) is 0 Å². The number of hydrogen-bond donors (Lipinski definition) is 1. The molecule has 0 aliphatic rings. The zero-order chi connectivity index (χ0) is 16.7. The smallest absolute Gasteiger partial charge is 0.253 e. The third-order valence-corrected chi connectivity index (χ3v) is 3.53. The van der Waals surface area contributed by atoms with Crippen LogP contribution in [-0.4, -0.2) is 48.3 Å².